The van der Waals surface area contributed by atoms with E-state index in [1.54, 1.807) is 25.1 Å². The summed E-state index contributed by atoms with van der Waals surface area (Å²) in [4.78, 5) is -0.0936. The van der Waals surface area contributed by atoms with E-state index in [4.69, 9.17) is 23.2 Å². The summed E-state index contributed by atoms with van der Waals surface area (Å²) in [5.74, 6) is 0. The summed E-state index contributed by atoms with van der Waals surface area (Å²) in [6, 6.07) is 9.53. The predicted octanol–water partition coefficient (Wildman–Crippen LogP) is 3.08. The van der Waals surface area contributed by atoms with Crippen LogP contribution < -0.4 is 4.72 Å². The Kier molecular flexibility index (Phi) is 4.44. The molecule has 3 aromatic rings. The third-order valence-corrected chi connectivity index (χ3v) is 5.69. The van der Waals surface area contributed by atoms with Gasteiger partial charge in [-0.3, -0.25) is 4.72 Å². The molecule has 0 saturated carbocycles. The van der Waals surface area contributed by atoms with Crippen molar-refractivity contribution in [1.82, 2.24) is 20.2 Å². The first-order valence-corrected chi connectivity index (χ1v) is 8.94. The number of hydrogen-bond donors (Lipinski definition) is 1. The molecule has 0 radical (unpaired) electrons. The fourth-order valence-electron chi connectivity index (χ4n) is 2.15. The van der Waals surface area contributed by atoms with E-state index in [0.29, 0.717) is 16.9 Å². The average molecular weight is 384 g/mol. The fourth-order valence-corrected chi connectivity index (χ4v) is 4.03. The van der Waals surface area contributed by atoms with E-state index >= 15 is 0 Å². The van der Waals surface area contributed by atoms with Crippen molar-refractivity contribution in [1.29, 1.82) is 0 Å². The Morgan fingerprint density at radius 1 is 1.12 bits per heavy atom. The maximum Gasteiger partial charge on any atom is 0.263 e. The van der Waals surface area contributed by atoms with E-state index < -0.39 is 10.0 Å². The molecule has 124 valence electrons. The quantitative estimate of drug-likeness (QED) is 0.747. The van der Waals surface area contributed by atoms with Gasteiger partial charge in [0.25, 0.3) is 10.0 Å². The van der Waals surface area contributed by atoms with Gasteiger partial charge in [0, 0.05) is 0 Å². The Hall–Kier alpha value is -2.16. The highest BCUT2D eigenvalue weighted by molar-refractivity contribution is 7.92. The van der Waals surface area contributed by atoms with Crippen LogP contribution in [0.25, 0.3) is 5.69 Å². The second-order valence-electron chi connectivity index (χ2n) is 4.86. The highest BCUT2D eigenvalue weighted by Gasteiger charge is 2.21. The predicted molar refractivity (Wildman–Crippen MR) is 91.2 cm³/mol. The standard InChI is InChI=1S/C14H11Cl2N5O2S/c1-9-11(5-3-6-12(9)21-8-17-19-20-21)18-24(22,23)13-7-2-4-10(15)14(13)16/h2-8,18H,1H3. The molecule has 0 spiro atoms. The zero-order valence-electron chi connectivity index (χ0n) is 12.3. The molecule has 0 aliphatic rings. The first kappa shape index (κ1) is 16.7. The SMILES string of the molecule is Cc1c(NS(=O)(=O)c2cccc(Cl)c2Cl)cccc1-n1cnnn1. The van der Waals surface area contributed by atoms with Crippen LogP contribution in [0.4, 0.5) is 5.69 Å². The van der Waals surface area contributed by atoms with Gasteiger partial charge >= 0.3 is 0 Å². The zero-order chi connectivity index (χ0) is 17.3. The molecule has 0 aliphatic carbocycles. The monoisotopic (exact) mass is 383 g/mol. The van der Waals surface area contributed by atoms with Gasteiger partial charge in [-0.15, -0.1) is 5.10 Å². The lowest BCUT2D eigenvalue weighted by Crippen LogP contribution is -2.15. The first-order chi connectivity index (χ1) is 11.4. The van der Waals surface area contributed by atoms with Crippen LogP contribution in [0, 0.1) is 6.92 Å². The molecule has 1 heterocycles. The van der Waals surface area contributed by atoms with Gasteiger partial charge in [-0.05, 0) is 47.2 Å². The van der Waals surface area contributed by atoms with Crippen molar-refractivity contribution in [3.8, 4) is 5.69 Å². The summed E-state index contributed by atoms with van der Waals surface area (Å²) in [7, 11) is -3.90. The summed E-state index contributed by atoms with van der Waals surface area (Å²) in [6.07, 6.45) is 1.43. The van der Waals surface area contributed by atoms with Crippen molar-refractivity contribution in [2.45, 2.75) is 11.8 Å². The van der Waals surface area contributed by atoms with Crippen molar-refractivity contribution < 1.29 is 8.42 Å². The molecule has 0 fully saturated rings. The van der Waals surface area contributed by atoms with Crippen molar-refractivity contribution >= 4 is 38.9 Å². The Bertz CT molecular complexity index is 990. The van der Waals surface area contributed by atoms with Crippen LogP contribution in [0.15, 0.2) is 47.6 Å². The van der Waals surface area contributed by atoms with E-state index in [9.17, 15) is 8.42 Å². The van der Waals surface area contributed by atoms with Crippen molar-refractivity contribution in [3.63, 3.8) is 0 Å². The molecular weight excluding hydrogens is 373 g/mol. The van der Waals surface area contributed by atoms with Gasteiger partial charge in [0.05, 0.1) is 21.4 Å². The average Bonchev–Trinajstić information content (AvgIpc) is 3.06. The second-order valence-corrected chi connectivity index (χ2v) is 7.30. The number of rotatable bonds is 4. The van der Waals surface area contributed by atoms with Crippen LogP contribution in [0.2, 0.25) is 10.0 Å². The van der Waals surface area contributed by atoms with Crippen LogP contribution in [-0.4, -0.2) is 28.6 Å². The zero-order valence-corrected chi connectivity index (χ0v) is 14.6. The maximum atomic E-state index is 12.6. The van der Waals surface area contributed by atoms with Crippen molar-refractivity contribution in [2.75, 3.05) is 4.72 Å². The van der Waals surface area contributed by atoms with Gasteiger partial charge in [-0.25, -0.2) is 13.1 Å². The molecule has 24 heavy (non-hydrogen) atoms. The summed E-state index contributed by atoms with van der Waals surface area (Å²) in [5, 5.41) is 11.1. The summed E-state index contributed by atoms with van der Waals surface area (Å²) < 4.78 is 29.2. The Morgan fingerprint density at radius 3 is 2.58 bits per heavy atom. The normalized spacial score (nSPS) is 11.5. The lowest BCUT2D eigenvalue weighted by molar-refractivity contribution is 0.601. The minimum atomic E-state index is -3.90. The number of aromatic nitrogens is 4. The Balaban J connectivity index is 2.02. The molecule has 1 aromatic heterocycles. The third kappa shape index (κ3) is 3.08. The number of benzene rings is 2. The summed E-state index contributed by atoms with van der Waals surface area (Å²) >= 11 is 11.9. The molecule has 0 saturated heterocycles. The number of anilines is 1. The summed E-state index contributed by atoms with van der Waals surface area (Å²) in [6.45, 7) is 1.76. The van der Waals surface area contributed by atoms with Crippen molar-refractivity contribution in [2.24, 2.45) is 0 Å². The number of nitrogens with zero attached hydrogens (tertiary/aromatic N) is 4. The molecule has 0 unspecified atom stereocenters. The molecule has 1 N–H and O–H groups in total. The largest absolute Gasteiger partial charge is 0.279 e. The molecule has 0 amide bonds. The van der Waals surface area contributed by atoms with E-state index in [1.807, 2.05) is 0 Å². The highest BCUT2D eigenvalue weighted by atomic mass is 35.5. The van der Waals surface area contributed by atoms with Crippen molar-refractivity contribution in [3.05, 3.63) is 58.3 Å². The van der Waals surface area contributed by atoms with Crippen LogP contribution in [0.1, 0.15) is 5.56 Å². The van der Waals surface area contributed by atoms with Crippen LogP contribution >= 0.6 is 23.2 Å². The van der Waals surface area contributed by atoms with E-state index in [1.165, 1.54) is 29.2 Å². The smallest absolute Gasteiger partial charge is 0.263 e. The molecular formula is C14H11Cl2N5O2S. The lowest BCUT2D eigenvalue weighted by atomic mass is 10.1. The molecule has 3 rings (SSSR count). The first-order valence-electron chi connectivity index (χ1n) is 6.70. The molecule has 0 bridgehead atoms. The minimum absolute atomic E-state index is 0.0269. The number of sulfonamides is 1. The van der Waals surface area contributed by atoms with Crippen LogP contribution in [0.3, 0.4) is 0 Å². The topological polar surface area (TPSA) is 89.8 Å². The lowest BCUT2D eigenvalue weighted by Gasteiger charge is -2.14. The molecule has 0 aliphatic heterocycles. The number of tetrazole rings is 1. The van der Waals surface area contributed by atoms with Gasteiger partial charge in [0.2, 0.25) is 0 Å². The van der Waals surface area contributed by atoms with Gasteiger partial charge in [-0.2, -0.15) is 0 Å². The fraction of sp³-hybridized carbons (Fsp3) is 0.0714. The van der Waals surface area contributed by atoms with Gasteiger partial charge < -0.3 is 0 Å². The highest BCUT2D eigenvalue weighted by Crippen LogP contribution is 2.31. The van der Waals surface area contributed by atoms with Crippen LogP contribution in [-0.2, 0) is 10.0 Å². The van der Waals surface area contributed by atoms with Gasteiger partial charge in [-0.1, -0.05) is 35.3 Å². The molecule has 0 atom stereocenters. The number of hydrogen-bond acceptors (Lipinski definition) is 5. The van der Waals surface area contributed by atoms with E-state index in [0.717, 1.165) is 0 Å². The molecule has 7 nitrogen and oxygen atoms in total. The van der Waals surface area contributed by atoms with Gasteiger partial charge in [0.15, 0.2) is 0 Å². The number of nitrogens with one attached hydrogen (secondary N) is 1. The summed E-state index contributed by atoms with van der Waals surface area (Å²) in [5.41, 5.74) is 1.70. The Labute approximate surface area is 148 Å². The van der Waals surface area contributed by atoms with Gasteiger partial charge in [0.1, 0.15) is 11.2 Å². The van der Waals surface area contributed by atoms with Crippen LogP contribution in [0.5, 0.6) is 0 Å². The number of halogens is 2. The second kappa shape index (κ2) is 6.39. The molecule has 10 heteroatoms. The maximum absolute atomic E-state index is 12.6. The Morgan fingerprint density at radius 2 is 1.88 bits per heavy atom. The molecule has 2 aromatic carbocycles. The minimum Gasteiger partial charge on any atom is -0.279 e. The third-order valence-electron chi connectivity index (χ3n) is 3.35. The van der Waals surface area contributed by atoms with E-state index in [-0.39, 0.29) is 14.9 Å². The van der Waals surface area contributed by atoms with E-state index in [2.05, 4.69) is 20.2 Å².